The average Bonchev–Trinajstić information content (AvgIpc) is 2.33. The van der Waals surface area contributed by atoms with Crippen LogP contribution >= 0.6 is 23.2 Å². The van der Waals surface area contributed by atoms with Gasteiger partial charge in [0.05, 0.1) is 10.0 Å². The molecular weight excluding hydrogens is 243 g/mol. The number of ketones is 1. The number of carbonyl (C=O) groups is 1. The Morgan fingerprint density at radius 3 is 2.38 bits per heavy atom. The molecule has 2 rings (SSSR count). The summed E-state index contributed by atoms with van der Waals surface area (Å²) in [5.41, 5.74) is 0.696. The van der Waals surface area contributed by atoms with Crippen LogP contribution in [-0.2, 0) is 0 Å². The van der Waals surface area contributed by atoms with Gasteiger partial charge in [0.25, 0.3) is 0 Å². The van der Waals surface area contributed by atoms with Crippen molar-refractivity contribution in [2.45, 2.75) is 32.1 Å². The highest BCUT2D eigenvalue weighted by Gasteiger charge is 2.22. The van der Waals surface area contributed by atoms with Gasteiger partial charge in [-0.3, -0.25) is 4.79 Å². The molecule has 0 bridgehead atoms. The second kappa shape index (κ2) is 5.20. The predicted molar refractivity (Wildman–Crippen MR) is 67.4 cm³/mol. The van der Waals surface area contributed by atoms with Gasteiger partial charge in [-0.15, -0.1) is 0 Å². The third kappa shape index (κ3) is 2.58. The first kappa shape index (κ1) is 11.9. The maximum absolute atomic E-state index is 12.2. The summed E-state index contributed by atoms with van der Waals surface area (Å²) in [4.78, 5) is 12.2. The molecule has 1 nitrogen and oxygen atoms in total. The fraction of sp³-hybridized carbons (Fsp3) is 0.462. The summed E-state index contributed by atoms with van der Waals surface area (Å²) in [5.74, 6) is 0.407. The van der Waals surface area contributed by atoms with Gasteiger partial charge in [-0.2, -0.15) is 0 Å². The van der Waals surface area contributed by atoms with E-state index in [0.717, 1.165) is 25.7 Å². The third-order valence-electron chi connectivity index (χ3n) is 3.18. The van der Waals surface area contributed by atoms with Crippen LogP contribution in [-0.4, -0.2) is 5.78 Å². The number of hydrogen-bond donors (Lipinski definition) is 0. The van der Waals surface area contributed by atoms with E-state index in [-0.39, 0.29) is 11.7 Å². The normalized spacial score (nSPS) is 17.4. The Balaban J connectivity index is 2.16. The summed E-state index contributed by atoms with van der Waals surface area (Å²) in [6, 6.07) is 5.14. The summed E-state index contributed by atoms with van der Waals surface area (Å²) in [6.45, 7) is 0. The number of rotatable bonds is 2. The first-order valence-electron chi connectivity index (χ1n) is 5.68. The van der Waals surface area contributed by atoms with E-state index < -0.39 is 0 Å². The molecule has 16 heavy (non-hydrogen) atoms. The van der Waals surface area contributed by atoms with Crippen molar-refractivity contribution in [1.82, 2.24) is 0 Å². The summed E-state index contributed by atoms with van der Waals surface area (Å²) in [6.07, 6.45) is 5.61. The largest absolute Gasteiger partial charge is 0.294 e. The first-order chi connectivity index (χ1) is 7.68. The molecule has 0 radical (unpaired) electrons. The Hall–Kier alpha value is -0.530. The summed E-state index contributed by atoms with van der Waals surface area (Å²) in [5, 5.41) is 0.963. The Morgan fingerprint density at radius 1 is 1.06 bits per heavy atom. The molecule has 1 aliphatic rings. The molecule has 86 valence electrons. The smallest absolute Gasteiger partial charge is 0.165 e. The second-order valence-corrected chi connectivity index (χ2v) is 5.14. The van der Waals surface area contributed by atoms with Crippen molar-refractivity contribution < 1.29 is 4.79 Å². The zero-order chi connectivity index (χ0) is 11.5. The van der Waals surface area contributed by atoms with Gasteiger partial charge in [-0.1, -0.05) is 42.5 Å². The molecule has 0 N–H and O–H groups in total. The second-order valence-electron chi connectivity index (χ2n) is 4.33. The minimum Gasteiger partial charge on any atom is -0.294 e. The van der Waals surface area contributed by atoms with Gasteiger partial charge in [-0.25, -0.2) is 0 Å². The van der Waals surface area contributed by atoms with Crippen LogP contribution in [0.5, 0.6) is 0 Å². The van der Waals surface area contributed by atoms with E-state index in [1.165, 1.54) is 6.42 Å². The molecule has 0 aromatic heterocycles. The topological polar surface area (TPSA) is 17.1 Å². The van der Waals surface area contributed by atoms with E-state index in [9.17, 15) is 4.79 Å². The molecule has 1 aliphatic carbocycles. The maximum Gasteiger partial charge on any atom is 0.165 e. The maximum atomic E-state index is 12.2. The van der Waals surface area contributed by atoms with Crippen molar-refractivity contribution in [3.8, 4) is 0 Å². The highest BCUT2D eigenvalue weighted by atomic mass is 35.5. The lowest BCUT2D eigenvalue weighted by Crippen LogP contribution is -2.17. The molecule has 1 aromatic rings. The van der Waals surface area contributed by atoms with E-state index in [1.54, 1.807) is 18.2 Å². The lowest BCUT2D eigenvalue weighted by Gasteiger charge is -2.20. The summed E-state index contributed by atoms with van der Waals surface area (Å²) < 4.78 is 0. The molecule has 0 heterocycles. The molecule has 1 fully saturated rings. The molecule has 3 heteroatoms. The minimum atomic E-state index is 0.186. The average molecular weight is 257 g/mol. The van der Waals surface area contributed by atoms with Crippen LogP contribution in [0.25, 0.3) is 0 Å². The Kier molecular flexibility index (Phi) is 3.88. The van der Waals surface area contributed by atoms with Gasteiger partial charge >= 0.3 is 0 Å². The molecule has 0 saturated heterocycles. The first-order valence-corrected chi connectivity index (χ1v) is 6.43. The Bertz CT molecular complexity index is 395. The van der Waals surface area contributed by atoms with Crippen molar-refractivity contribution in [2.24, 2.45) is 5.92 Å². The number of carbonyl (C=O) groups excluding carboxylic acids is 1. The van der Waals surface area contributed by atoms with Gasteiger partial charge in [0.15, 0.2) is 5.78 Å². The fourth-order valence-electron chi connectivity index (χ4n) is 2.25. The van der Waals surface area contributed by atoms with Gasteiger partial charge in [-0.05, 0) is 31.0 Å². The Labute approximate surface area is 106 Å². The van der Waals surface area contributed by atoms with E-state index >= 15 is 0 Å². The van der Waals surface area contributed by atoms with Crippen LogP contribution in [0.3, 0.4) is 0 Å². The number of hydrogen-bond acceptors (Lipinski definition) is 1. The van der Waals surface area contributed by atoms with E-state index in [4.69, 9.17) is 23.2 Å². The van der Waals surface area contributed by atoms with Gasteiger partial charge in [0.2, 0.25) is 0 Å². The number of halogens is 2. The fourth-order valence-corrected chi connectivity index (χ4v) is 2.55. The molecule has 0 atom stereocenters. The van der Waals surface area contributed by atoms with Crippen LogP contribution < -0.4 is 0 Å². The highest BCUT2D eigenvalue weighted by molar-refractivity contribution is 6.42. The van der Waals surface area contributed by atoms with E-state index in [2.05, 4.69) is 0 Å². The Morgan fingerprint density at radius 2 is 1.75 bits per heavy atom. The monoisotopic (exact) mass is 256 g/mol. The van der Waals surface area contributed by atoms with Crippen molar-refractivity contribution in [3.63, 3.8) is 0 Å². The van der Waals surface area contributed by atoms with Gasteiger partial charge < -0.3 is 0 Å². The van der Waals surface area contributed by atoms with E-state index in [0.29, 0.717) is 15.6 Å². The summed E-state index contributed by atoms with van der Waals surface area (Å²) >= 11 is 11.7. The van der Waals surface area contributed by atoms with Crippen LogP contribution in [0.4, 0.5) is 0 Å². The molecule has 0 spiro atoms. The van der Waals surface area contributed by atoms with E-state index in [1.807, 2.05) is 0 Å². The lowest BCUT2D eigenvalue weighted by atomic mass is 9.84. The molecular formula is C13H14Cl2O. The quantitative estimate of drug-likeness (QED) is 0.698. The molecule has 1 aromatic carbocycles. The van der Waals surface area contributed by atoms with Crippen LogP contribution in [0.1, 0.15) is 42.5 Å². The minimum absolute atomic E-state index is 0.186. The van der Waals surface area contributed by atoms with Crippen molar-refractivity contribution in [2.75, 3.05) is 0 Å². The molecule has 1 saturated carbocycles. The van der Waals surface area contributed by atoms with Crippen molar-refractivity contribution in [1.29, 1.82) is 0 Å². The molecule has 0 amide bonds. The van der Waals surface area contributed by atoms with Crippen LogP contribution in [0.2, 0.25) is 10.0 Å². The molecule has 0 aliphatic heterocycles. The SMILES string of the molecule is O=C(c1ccc(Cl)c(Cl)c1)C1CCCCC1. The van der Waals surface area contributed by atoms with Crippen molar-refractivity contribution in [3.05, 3.63) is 33.8 Å². The standard InChI is InChI=1S/C13H14Cl2O/c14-11-7-6-10(8-12(11)15)13(16)9-4-2-1-3-5-9/h6-9H,1-5H2. The van der Waals surface area contributed by atoms with Crippen LogP contribution in [0, 0.1) is 5.92 Å². The molecule has 0 unspecified atom stereocenters. The van der Waals surface area contributed by atoms with Gasteiger partial charge in [0.1, 0.15) is 0 Å². The number of Topliss-reactive ketones (excluding diaryl/α,β-unsaturated/α-hetero) is 1. The highest BCUT2D eigenvalue weighted by Crippen LogP contribution is 2.29. The van der Waals surface area contributed by atoms with Crippen LogP contribution in [0.15, 0.2) is 18.2 Å². The zero-order valence-corrected chi connectivity index (χ0v) is 10.5. The predicted octanol–water partition coefficient (Wildman–Crippen LogP) is 4.76. The van der Waals surface area contributed by atoms with Crippen molar-refractivity contribution >= 4 is 29.0 Å². The number of benzene rings is 1. The third-order valence-corrected chi connectivity index (χ3v) is 3.92. The lowest BCUT2D eigenvalue weighted by molar-refractivity contribution is 0.0889. The zero-order valence-electron chi connectivity index (χ0n) is 9.01. The summed E-state index contributed by atoms with van der Waals surface area (Å²) in [7, 11) is 0. The van der Waals surface area contributed by atoms with Gasteiger partial charge in [0, 0.05) is 11.5 Å².